The summed E-state index contributed by atoms with van der Waals surface area (Å²) >= 11 is 0. The summed E-state index contributed by atoms with van der Waals surface area (Å²) in [5.74, 6) is 1.64. The highest BCUT2D eigenvalue weighted by Crippen LogP contribution is 2.34. The molecule has 0 unspecified atom stereocenters. The van der Waals surface area contributed by atoms with Crippen molar-refractivity contribution in [1.29, 1.82) is 0 Å². The number of rotatable bonds is 1. The van der Waals surface area contributed by atoms with Crippen molar-refractivity contribution in [3.8, 4) is 5.88 Å². The van der Waals surface area contributed by atoms with Gasteiger partial charge in [0.15, 0.2) is 5.82 Å². The summed E-state index contributed by atoms with van der Waals surface area (Å²) in [6, 6.07) is 4.05. The van der Waals surface area contributed by atoms with Gasteiger partial charge in [-0.3, -0.25) is 4.98 Å². The summed E-state index contributed by atoms with van der Waals surface area (Å²) in [4.78, 5) is 10.9. The summed E-state index contributed by atoms with van der Waals surface area (Å²) in [5.41, 5.74) is 2.14. The van der Waals surface area contributed by atoms with Gasteiger partial charge in [-0.1, -0.05) is 6.07 Å². The van der Waals surface area contributed by atoms with Crippen LogP contribution in [0.1, 0.15) is 5.56 Å². The van der Waals surface area contributed by atoms with Crippen molar-refractivity contribution in [3.05, 3.63) is 23.9 Å². The Balaban J connectivity index is 2.40. The molecule has 0 saturated heterocycles. The van der Waals surface area contributed by atoms with Crippen LogP contribution in [0.3, 0.4) is 0 Å². The third-order valence-electron chi connectivity index (χ3n) is 2.82. The number of hydrogen-bond donors (Lipinski definition) is 0. The highest BCUT2D eigenvalue weighted by molar-refractivity contribution is 5.92. The van der Waals surface area contributed by atoms with Gasteiger partial charge in [0.05, 0.1) is 6.61 Å². The number of nitrogens with zero attached hydrogens (tertiary/aromatic N) is 3. The van der Waals surface area contributed by atoms with Gasteiger partial charge in [-0.25, -0.2) is 0 Å². The Hall–Kier alpha value is -1.84. The molecule has 0 bridgehead atoms. The molecule has 0 atom stereocenters. The van der Waals surface area contributed by atoms with E-state index in [0.717, 1.165) is 35.6 Å². The molecule has 0 radical (unpaired) electrons. The fraction of sp³-hybridized carbons (Fsp3) is 0.333. The molecule has 82 valence electrons. The van der Waals surface area contributed by atoms with Crippen molar-refractivity contribution in [2.45, 2.75) is 6.42 Å². The van der Waals surface area contributed by atoms with Gasteiger partial charge in [-0.05, 0) is 6.07 Å². The predicted molar refractivity (Wildman–Crippen MR) is 63.1 cm³/mol. The first-order valence-electron chi connectivity index (χ1n) is 5.35. The molecule has 0 amide bonds. The van der Waals surface area contributed by atoms with Crippen LogP contribution < -0.4 is 9.64 Å². The molecule has 3 heterocycles. The lowest BCUT2D eigenvalue weighted by atomic mass is 10.1. The maximum atomic E-state index is 5.53. The predicted octanol–water partition coefficient (Wildman–Crippen LogP) is 1.63. The fourth-order valence-corrected chi connectivity index (χ4v) is 2.08. The van der Waals surface area contributed by atoms with E-state index in [-0.39, 0.29) is 0 Å². The van der Waals surface area contributed by atoms with Crippen LogP contribution in [0, 0.1) is 0 Å². The van der Waals surface area contributed by atoms with Crippen molar-refractivity contribution < 1.29 is 4.74 Å². The van der Waals surface area contributed by atoms with E-state index in [4.69, 9.17) is 4.74 Å². The number of ether oxygens (including phenoxy) is 1. The highest BCUT2D eigenvalue weighted by Gasteiger charge is 2.20. The Morgan fingerprint density at radius 3 is 3.06 bits per heavy atom. The molecule has 3 rings (SSSR count). The Morgan fingerprint density at radius 1 is 1.38 bits per heavy atom. The lowest BCUT2D eigenvalue weighted by Crippen LogP contribution is -2.12. The highest BCUT2D eigenvalue weighted by atomic mass is 16.5. The topological polar surface area (TPSA) is 38.2 Å². The van der Waals surface area contributed by atoms with E-state index in [1.807, 2.05) is 25.1 Å². The van der Waals surface area contributed by atoms with Crippen molar-refractivity contribution in [2.24, 2.45) is 0 Å². The minimum absolute atomic E-state index is 0.725. The van der Waals surface area contributed by atoms with Crippen molar-refractivity contribution in [3.63, 3.8) is 0 Å². The van der Waals surface area contributed by atoms with Crippen LogP contribution in [0.2, 0.25) is 0 Å². The minimum atomic E-state index is 0.725. The van der Waals surface area contributed by atoms with Gasteiger partial charge in [0.25, 0.3) is 0 Å². The average molecular weight is 215 g/mol. The van der Waals surface area contributed by atoms with Gasteiger partial charge >= 0.3 is 0 Å². The smallest absolute Gasteiger partial charge is 0.219 e. The molecule has 0 saturated carbocycles. The standard InChI is InChI=1S/C12H13N3O/c1-15(2)11-10-8(4-3-6-13-10)9-5-7-16-12(9)14-11/h3-4,6H,5,7H2,1-2H3. The summed E-state index contributed by atoms with van der Waals surface area (Å²) in [6.07, 6.45) is 2.73. The van der Waals surface area contributed by atoms with Gasteiger partial charge < -0.3 is 9.64 Å². The number of pyridine rings is 2. The van der Waals surface area contributed by atoms with Gasteiger partial charge in [-0.15, -0.1) is 0 Å². The van der Waals surface area contributed by atoms with E-state index < -0.39 is 0 Å². The molecular formula is C12H13N3O. The number of anilines is 1. The Kier molecular flexibility index (Phi) is 1.96. The zero-order valence-corrected chi connectivity index (χ0v) is 9.40. The molecule has 1 aliphatic heterocycles. The van der Waals surface area contributed by atoms with E-state index in [9.17, 15) is 0 Å². The zero-order valence-electron chi connectivity index (χ0n) is 9.40. The normalized spacial score (nSPS) is 13.6. The molecule has 0 N–H and O–H groups in total. The van der Waals surface area contributed by atoms with E-state index in [1.54, 1.807) is 6.20 Å². The lowest BCUT2D eigenvalue weighted by Gasteiger charge is -2.15. The first kappa shape index (κ1) is 9.39. The molecule has 4 nitrogen and oxygen atoms in total. The molecule has 2 aromatic heterocycles. The van der Waals surface area contributed by atoms with Gasteiger partial charge in [0.1, 0.15) is 5.52 Å². The van der Waals surface area contributed by atoms with Crippen LogP contribution in [0.25, 0.3) is 10.9 Å². The van der Waals surface area contributed by atoms with E-state index in [1.165, 1.54) is 5.56 Å². The van der Waals surface area contributed by atoms with E-state index in [0.29, 0.717) is 0 Å². The Bertz CT molecular complexity index is 551. The van der Waals surface area contributed by atoms with E-state index >= 15 is 0 Å². The molecular weight excluding hydrogens is 202 g/mol. The lowest BCUT2D eigenvalue weighted by molar-refractivity contribution is 0.345. The molecule has 1 aliphatic rings. The largest absolute Gasteiger partial charge is 0.477 e. The second kappa shape index (κ2) is 3.33. The third-order valence-corrected chi connectivity index (χ3v) is 2.82. The Labute approximate surface area is 93.9 Å². The van der Waals surface area contributed by atoms with Crippen molar-refractivity contribution in [2.75, 3.05) is 25.6 Å². The Morgan fingerprint density at radius 2 is 2.25 bits per heavy atom. The minimum Gasteiger partial charge on any atom is -0.477 e. The van der Waals surface area contributed by atoms with Gasteiger partial charge in [0, 0.05) is 37.7 Å². The summed E-state index contributed by atoms with van der Waals surface area (Å²) < 4.78 is 5.53. The van der Waals surface area contributed by atoms with Crippen LogP contribution in [0.5, 0.6) is 5.88 Å². The van der Waals surface area contributed by atoms with Gasteiger partial charge in [-0.2, -0.15) is 4.98 Å². The molecule has 16 heavy (non-hydrogen) atoms. The first-order chi connectivity index (χ1) is 7.77. The molecule has 2 aromatic rings. The number of aromatic nitrogens is 2. The molecule has 0 aromatic carbocycles. The summed E-state index contributed by atoms with van der Waals surface area (Å²) in [5, 5.41) is 1.16. The second-order valence-electron chi connectivity index (χ2n) is 4.11. The van der Waals surface area contributed by atoms with Crippen molar-refractivity contribution in [1.82, 2.24) is 9.97 Å². The van der Waals surface area contributed by atoms with Crippen molar-refractivity contribution >= 4 is 16.7 Å². The van der Waals surface area contributed by atoms with E-state index in [2.05, 4.69) is 16.0 Å². The average Bonchev–Trinajstić information content (AvgIpc) is 2.75. The van der Waals surface area contributed by atoms with Crippen LogP contribution in [-0.4, -0.2) is 30.7 Å². The third kappa shape index (κ3) is 1.23. The quantitative estimate of drug-likeness (QED) is 0.724. The van der Waals surface area contributed by atoms with Crippen LogP contribution in [0.15, 0.2) is 18.3 Å². The second-order valence-corrected chi connectivity index (χ2v) is 4.11. The van der Waals surface area contributed by atoms with Gasteiger partial charge in [0.2, 0.25) is 5.88 Å². The zero-order chi connectivity index (χ0) is 11.1. The molecule has 0 spiro atoms. The fourth-order valence-electron chi connectivity index (χ4n) is 2.08. The van der Waals surface area contributed by atoms with Crippen LogP contribution >= 0.6 is 0 Å². The molecule has 0 fully saturated rings. The number of fused-ring (bicyclic) bond motifs is 3. The maximum Gasteiger partial charge on any atom is 0.219 e. The first-order valence-corrected chi connectivity index (χ1v) is 5.35. The van der Waals surface area contributed by atoms with Crippen LogP contribution in [-0.2, 0) is 6.42 Å². The summed E-state index contributed by atoms with van der Waals surface area (Å²) in [6.45, 7) is 0.725. The number of hydrogen-bond acceptors (Lipinski definition) is 4. The molecule has 0 aliphatic carbocycles. The maximum absolute atomic E-state index is 5.53. The van der Waals surface area contributed by atoms with Crippen LogP contribution in [0.4, 0.5) is 5.82 Å². The summed E-state index contributed by atoms with van der Waals surface area (Å²) in [7, 11) is 3.94. The SMILES string of the molecule is CN(C)c1nc2c(c3cccnc13)CCO2. The monoisotopic (exact) mass is 215 g/mol. The molecule has 4 heteroatoms.